The number of hydrogen-bond donors (Lipinski definition) is 2. The van der Waals surface area contributed by atoms with E-state index >= 15 is 0 Å². The van der Waals surface area contributed by atoms with Crippen LogP contribution in [0, 0.1) is 0 Å². The fourth-order valence-electron chi connectivity index (χ4n) is 6.78. The number of anilines is 2. The third kappa shape index (κ3) is 9.11. The first-order valence-electron chi connectivity index (χ1n) is 17.9. The Kier molecular flexibility index (Phi) is 11.7. The number of phosphoric ester groups is 1. The van der Waals surface area contributed by atoms with Gasteiger partial charge in [0.1, 0.15) is 37.6 Å². The van der Waals surface area contributed by atoms with Crippen LogP contribution < -0.4 is 24.8 Å². The fraction of sp³-hybridized carbons (Fsp3) is 0.378. The molecule has 2 aliphatic rings. The minimum absolute atomic E-state index is 0.0470. The smallest absolute Gasteiger partial charge is 0.472 e. The van der Waals surface area contributed by atoms with E-state index < -0.39 is 19.7 Å². The van der Waals surface area contributed by atoms with Gasteiger partial charge in [0.25, 0.3) is 0 Å². The molecular weight excluding hydrogens is 772 g/mol. The minimum atomic E-state index is -4.63. The second-order valence-electron chi connectivity index (χ2n) is 13.6. The van der Waals surface area contributed by atoms with Gasteiger partial charge in [-0.3, -0.25) is 0 Å². The van der Waals surface area contributed by atoms with E-state index in [1.165, 1.54) is 9.25 Å². The van der Waals surface area contributed by atoms with Crippen LogP contribution in [0.5, 0.6) is 5.75 Å². The van der Waals surface area contributed by atoms with Crippen molar-refractivity contribution in [2.24, 2.45) is 0 Å². The van der Waals surface area contributed by atoms with Gasteiger partial charge in [0.2, 0.25) is 13.1 Å². The molecule has 2 aliphatic heterocycles. The van der Waals surface area contributed by atoms with E-state index in [1.54, 1.807) is 52.4 Å². The first kappa shape index (κ1) is 39.1. The molecule has 7 rings (SSSR count). The van der Waals surface area contributed by atoms with Crippen LogP contribution in [0.3, 0.4) is 0 Å². The van der Waals surface area contributed by atoms with Crippen LogP contribution in [0.2, 0.25) is 10.0 Å². The van der Waals surface area contributed by atoms with Gasteiger partial charge in [-0.2, -0.15) is 5.10 Å². The van der Waals surface area contributed by atoms with Crippen LogP contribution in [0.25, 0.3) is 5.69 Å². The maximum absolute atomic E-state index is 12.8. The highest BCUT2D eigenvalue weighted by Gasteiger charge is 2.46. The molecule has 18 heteroatoms. The number of nitrogens with zero attached hydrogens (tertiary/aromatic N) is 7. The lowest BCUT2D eigenvalue weighted by Gasteiger charge is -2.37. The molecule has 0 amide bonds. The summed E-state index contributed by atoms with van der Waals surface area (Å²) in [5, 5.41) is 5.19. The number of hydrogen-bond acceptors (Lipinski definition) is 9. The summed E-state index contributed by atoms with van der Waals surface area (Å²) in [5.41, 5.74) is 2.53. The molecule has 2 saturated heterocycles. The summed E-state index contributed by atoms with van der Waals surface area (Å²) in [7, 11) is -4.63. The summed E-state index contributed by atoms with van der Waals surface area (Å²) < 4.78 is 40.9. The molecule has 55 heavy (non-hydrogen) atoms. The molecule has 0 unspecified atom stereocenters. The van der Waals surface area contributed by atoms with Crippen LogP contribution >= 0.6 is 31.0 Å². The number of benzene rings is 3. The van der Waals surface area contributed by atoms with E-state index in [-0.39, 0.29) is 38.2 Å². The molecule has 0 bridgehead atoms. The maximum atomic E-state index is 12.8. The van der Waals surface area contributed by atoms with Crippen molar-refractivity contribution in [3.63, 3.8) is 0 Å². The predicted octanol–water partition coefficient (Wildman–Crippen LogP) is 5.14. The maximum Gasteiger partial charge on any atom is 0.472 e. The number of imidazole rings is 1. The van der Waals surface area contributed by atoms with Gasteiger partial charge < -0.3 is 33.8 Å². The van der Waals surface area contributed by atoms with Gasteiger partial charge >= 0.3 is 13.5 Å². The standard InChI is InChI=1S/C37H42Cl2N7O8P/c1-3-27(2)46-36(47)45(24-40-46)31-7-5-29(6-8-31)43-16-18-44(19-17-43)30-9-11-32(12-10-30)51-21-35-52-23-37(54-35,33-13-4-28(38)20-34(33)39)22-41-14-15-42(25-41)26-53-55(48,49)50/h4-15,20,24-25,27,35H,3,16-19,21-23,26H2,1-2H3,(H-,48,49,50)/p+1/t27-,35+,37-/m0/s1. The third-order valence-corrected chi connectivity index (χ3v) is 10.9. The molecule has 5 aromatic rings. The summed E-state index contributed by atoms with van der Waals surface area (Å²) in [4.78, 5) is 35.7. The molecule has 2 aromatic heterocycles. The number of aromatic nitrogens is 5. The molecule has 3 aromatic carbocycles. The molecule has 2 N–H and O–H groups in total. The van der Waals surface area contributed by atoms with Crippen molar-refractivity contribution in [3.05, 3.63) is 118 Å². The van der Waals surface area contributed by atoms with Crippen LogP contribution in [0.1, 0.15) is 31.9 Å². The lowest BCUT2D eigenvalue weighted by molar-refractivity contribution is -0.725. The van der Waals surface area contributed by atoms with Gasteiger partial charge in [-0.1, -0.05) is 36.2 Å². The molecule has 292 valence electrons. The predicted molar refractivity (Wildman–Crippen MR) is 206 cm³/mol. The summed E-state index contributed by atoms with van der Waals surface area (Å²) >= 11 is 12.9. The van der Waals surface area contributed by atoms with Gasteiger partial charge in [-0.05, 0) is 74.0 Å². The summed E-state index contributed by atoms with van der Waals surface area (Å²) in [6.07, 6.45) is 6.71. The fourth-order valence-corrected chi connectivity index (χ4v) is 7.64. The van der Waals surface area contributed by atoms with Crippen molar-refractivity contribution < 1.29 is 37.7 Å². The average Bonchev–Trinajstić information content (AvgIpc) is 3.92. The van der Waals surface area contributed by atoms with E-state index in [0.29, 0.717) is 21.4 Å². The Labute approximate surface area is 328 Å². The summed E-state index contributed by atoms with van der Waals surface area (Å²) in [5.74, 6) is 0.669. The van der Waals surface area contributed by atoms with Crippen LogP contribution in [-0.2, 0) is 37.4 Å². The van der Waals surface area contributed by atoms with E-state index in [4.69, 9.17) is 47.2 Å². The highest BCUT2D eigenvalue weighted by molar-refractivity contribution is 7.46. The Morgan fingerprint density at radius 3 is 2.29 bits per heavy atom. The number of piperazine rings is 1. The lowest BCUT2D eigenvalue weighted by atomic mass is 9.94. The minimum Gasteiger partial charge on any atom is -0.488 e. The van der Waals surface area contributed by atoms with Crippen molar-refractivity contribution in [3.8, 4) is 11.4 Å². The molecule has 0 spiro atoms. The summed E-state index contributed by atoms with van der Waals surface area (Å²) in [6.45, 7) is 7.65. The Balaban J connectivity index is 0.933. The quantitative estimate of drug-likeness (QED) is 0.113. The monoisotopic (exact) mass is 814 g/mol. The molecule has 3 atom stereocenters. The Bertz CT molecular complexity index is 2180. The van der Waals surface area contributed by atoms with Gasteiger partial charge in [-0.15, -0.1) is 0 Å². The van der Waals surface area contributed by atoms with Crippen LogP contribution in [0.15, 0.2) is 96.6 Å². The topological polar surface area (TPSA) is 150 Å². The second kappa shape index (κ2) is 16.5. The SMILES string of the molecule is CC[C@H](C)n1ncn(-c2ccc(N3CCN(c4ccc(OC[C@@H]5OC[C@@](Cn6cc[n+](COP(=O)(O)O)c6)(c6ccc(Cl)cc6Cl)O5)cc4)CC3)cc2)c1=O. The number of halogens is 2. The first-order chi connectivity index (χ1) is 26.4. The van der Waals surface area contributed by atoms with Crippen molar-refractivity contribution in [1.29, 1.82) is 0 Å². The zero-order valence-corrected chi connectivity index (χ0v) is 32.8. The molecule has 15 nitrogen and oxygen atoms in total. The Morgan fingerprint density at radius 2 is 1.65 bits per heavy atom. The Hall–Kier alpha value is -4.18. The van der Waals surface area contributed by atoms with Crippen LogP contribution in [-0.4, -0.2) is 74.4 Å². The molecular formula is C37H43Cl2N7O8P+. The molecule has 0 aliphatic carbocycles. The summed E-state index contributed by atoms with van der Waals surface area (Å²) in [6, 6.07) is 21.2. The lowest BCUT2D eigenvalue weighted by Crippen LogP contribution is -2.46. The number of ether oxygens (including phenoxy) is 3. The van der Waals surface area contributed by atoms with E-state index in [9.17, 15) is 9.36 Å². The highest BCUT2D eigenvalue weighted by atomic mass is 35.5. The first-order valence-corrected chi connectivity index (χ1v) is 20.2. The third-order valence-electron chi connectivity index (χ3n) is 9.90. The Morgan fingerprint density at radius 1 is 1.00 bits per heavy atom. The largest absolute Gasteiger partial charge is 0.488 e. The highest BCUT2D eigenvalue weighted by Crippen LogP contribution is 2.40. The zero-order valence-electron chi connectivity index (χ0n) is 30.4. The van der Waals surface area contributed by atoms with Crippen LogP contribution in [0.4, 0.5) is 11.4 Å². The molecule has 2 fully saturated rings. The number of phosphoric acid groups is 1. The van der Waals surface area contributed by atoms with Gasteiger partial charge in [0.15, 0.2) is 11.9 Å². The molecule has 0 saturated carbocycles. The van der Waals surface area contributed by atoms with E-state index in [0.717, 1.165) is 49.7 Å². The van der Waals surface area contributed by atoms with Gasteiger partial charge in [0.05, 0.1) is 18.3 Å². The normalized spacial score (nSPS) is 19.6. The van der Waals surface area contributed by atoms with Crippen molar-refractivity contribution in [1.82, 2.24) is 18.9 Å². The molecule has 0 radical (unpaired) electrons. The van der Waals surface area contributed by atoms with Crippen molar-refractivity contribution in [2.45, 2.75) is 51.5 Å². The van der Waals surface area contributed by atoms with Gasteiger partial charge in [0, 0.05) is 53.2 Å². The zero-order chi connectivity index (χ0) is 38.7. The number of rotatable bonds is 14. The van der Waals surface area contributed by atoms with E-state index in [1.807, 2.05) is 50.2 Å². The van der Waals surface area contributed by atoms with E-state index in [2.05, 4.69) is 31.6 Å². The molecule has 4 heterocycles. The second-order valence-corrected chi connectivity index (χ2v) is 15.7. The van der Waals surface area contributed by atoms with Crippen molar-refractivity contribution in [2.75, 3.05) is 49.2 Å². The van der Waals surface area contributed by atoms with Gasteiger partial charge in [-0.25, -0.2) is 32.3 Å². The average molecular weight is 816 g/mol. The van der Waals surface area contributed by atoms with Crippen molar-refractivity contribution >= 4 is 42.4 Å².